The fourth-order valence-corrected chi connectivity index (χ4v) is 3.73. The maximum absolute atomic E-state index is 12.5. The van der Waals surface area contributed by atoms with E-state index in [1.54, 1.807) is 31.3 Å². The van der Waals surface area contributed by atoms with Crippen LogP contribution in [0, 0.1) is 5.92 Å². The van der Waals surface area contributed by atoms with Gasteiger partial charge in [0.05, 0.1) is 10.6 Å². The highest BCUT2D eigenvalue weighted by Gasteiger charge is 2.20. The zero-order valence-electron chi connectivity index (χ0n) is 14.5. The lowest BCUT2D eigenvalue weighted by Crippen LogP contribution is -2.46. The first-order valence-corrected chi connectivity index (χ1v) is 9.79. The van der Waals surface area contributed by atoms with Crippen LogP contribution in [-0.2, 0) is 9.84 Å². The molecule has 0 aliphatic carbocycles. The summed E-state index contributed by atoms with van der Waals surface area (Å²) in [6.45, 7) is 7.12. The summed E-state index contributed by atoms with van der Waals surface area (Å²) in [5.41, 5.74) is 0. The van der Waals surface area contributed by atoms with Gasteiger partial charge in [0.1, 0.15) is 0 Å². The van der Waals surface area contributed by atoms with Gasteiger partial charge < -0.3 is 10.6 Å². The molecule has 1 aromatic rings. The summed E-state index contributed by atoms with van der Waals surface area (Å²) in [5.74, 6) is 1.32. The zero-order chi connectivity index (χ0) is 17.3. The lowest BCUT2D eigenvalue weighted by atomic mass is 10.1. The minimum absolute atomic E-state index is 0.0540. The molecule has 130 valence electrons. The minimum Gasteiger partial charge on any atom is -0.356 e. The summed E-state index contributed by atoms with van der Waals surface area (Å²) in [7, 11) is -1.61. The first kappa shape index (κ1) is 19.5. The number of nitrogens with zero attached hydrogens (tertiary/aromatic N) is 1. The van der Waals surface area contributed by atoms with Crippen LogP contribution in [0.4, 0.5) is 0 Å². The second-order valence-corrected chi connectivity index (χ2v) is 8.06. The van der Waals surface area contributed by atoms with E-state index in [1.165, 1.54) is 0 Å². The SMILES string of the molecule is CCC(CS(=O)(=O)c1ccccc1)NC(=NC)NCCC(C)C. The molecular formula is C17H29N3O2S. The molecule has 0 aliphatic heterocycles. The second kappa shape index (κ2) is 9.55. The lowest BCUT2D eigenvalue weighted by molar-refractivity contribution is 0.556. The monoisotopic (exact) mass is 339 g/mol. The largest absolute Gasteiger partial charge is 0.356 e. The van der Waals surface area contributed by atoms with Gasteiger partial charge in [-0.2, -0.15) is 0 Å². The average molecular weight is 340 g/mol. The van der Waals surface area contributed by atoms with Crippen molar-refractivity contribution in [1.82, 2.24) is 10.6 Å². The van der Waals surface area contributed by atoms with Gasteiger partial charge in [0.15, 0.2) is 15.8 Å². The molecule has 2 N–H and O–H groups in total. The molecule has 23 heavy (non-hydrogen) atoms. The zero-order valence-corrected chi connectivity index (χ0v) is 15.4. The molecule has 0 fully saturated rings. The van der Waals surface area contributed by atoms with Crippen molar-refractivity contribution in [3.8, 4) is 0 Å². The first-order valence-electron chi connectivity index (χ1n) is 8.14. The van der Waals surface area contributed by atoms with E-state index in [4.69, 9.17) is 0 Å². The number of rotatable bonds is 8. The number of hydrogen-bond donors (Lipinski definition) is 2. The van der Waals surface area contributed by atoms with E-state index in [2.05, 4.69) is 29.5 Å². The van der Waals surface area contributed by atoms with Gasteiger partial charge in [0.25, 0.3) is 0 Å². The van der Waals surface area contributed by atoms with E-state index in [0.29, 0.717) is 23.2 Å². The van der Waals surface area contributed by atoms with Crippen molar-refractivity contribution in [2.75, 3.05) is 19.3 Å². The molecule has 0 heterocycles. The van der Waals surface area contributed by atoms with E-state index in [-0.39, 0.29) is 11.8 Å². The Kier molecular flexibility index (Phi) is 8.09. The fourth-order valence-electron chi connectivity index (χ4n) is 2.12. The number of nitrogens with one attached hydrogen (secondary N) is 2. The van der Waals surface area contributed by atoms with E-state index >= 15 is 0 Å². The third-order valence-corrected chi connectivity index (χ3v) is 5.43. The maximum atomic E-state index is 12.5. The van der Waals surface area contributed by atoms with Crippen LogP contribution >= 0.6 is 0 Å². The van der Waals surface area contributed by atoms with Crippen molar-refractivity contribution in [3.63, 3.8) is 0 Å². The van der Waals surface area contributed by atoms with E-state index in [9.17, 15) is 8.42 Å². The summed E-state index contributed by atoms with van der Waals surface area (Å²) in [6, 6.07) is 8.40. The molecule has 0 amide bonds. The number of hydrogen-bond acceptors (Lipinski definition) is 3. The highest BCUT2D eigenvalue weighted by Crippen LogP contribution is 2.12. The van der Waals surface area contributed by atoms with Gasteiger partial charge in [0.2, 0.25) is 0 Å². The van der Waals surface area contributed by atoms with Crippen LogP contribution < -0.4 is 10.6 Å². The Hall–Kier alpha value is -1.56. The Morgan fingerprint density at radius 3 is 2.39 bits per heavy atom. The van der Waals surface area contributed by atoms with Crippen LogP contribution in [0.15, 0.2) is 40.2 Å². The van der Waals surface area contributed by atoms with Gasteiger partial charge >= 0.3 is 0 Å². The van der Waals surface area contributed by atoms with Gasteiger partial charge in [-0.15, -0.1) is 0 Å². The quantitative estimate of drug-likeness (QED) is 0.564. The average Bonchev–Trinajstić information content (AvgIpc) is 2.53. The third kappa shape index (κ3) is 7.03. The minimum atomic E-state index is -3.30. The number of sulfone groups is 1. The van der Waals surface area contributed by atoms with Crippen LogP contribution in [0.3, 0.4) is 0 Å². The molecule has 0 saturated carbocycles. The van der Waals surface area contributed by atoms with Crippen LogP contribution in [0.2, 0.25) is 0 Å². The summed E-state index contributed by atoms with van der Waals surface area (Å²) in [5, 5.41) is 6.45. The molecule has 1 unspecified atom stereocenters. The predicted octanol–water partition coefficient (Wildman–Crippen LogP) is 2.45. The molecule has 1 atom stereocenters. The maximum Gasteiger partial charge on any atom is 0.191 e. The number of guanidine groups is 1. The highest BCUT2D eigenvalue weighted by molar-refractivity contribution is 7.91. The van der Waals surface area contributed by atoms with E-state index in [1.807, 2.05) is 13.0 Å². The van der Waals surface area contributed by atoms with Gasteiger partial charge in [-0.25, -0.2) is 8.42 Å². The van der Waals surface area contributed by atoms with Crippen LogP contribution in [0.5, 0.6) is 0 Å². The first-order chi connectivity index (χ1) is 10.9. The number of aliphatic imine (C=N–C) groups is 1. The molecular weight excluding hydrogens is 310 g/mol. The molecule has 0 aliphatic rings. The van der Waals surface area contributed by atoms with E-state index in [0.717, 1.165) is 13.0 Å². The predicted molar refractivity (Wildman–Crippen MR) is 96.5 cm³/mol. The van der Waals surface area contributed by atoms with E-state index < -0.39 is 9.84 Å². The summed E-state index contributed by atoms with van der Waals surface area (Å²) < 4.78 is 24.9. The molecule has 0 aromatic heterocycles. The van der Waals surface area contributed by atoms with Crippen molar-refractivity contribution in [3.05, 3.63) is 30.3 Å². The van der Waals surface area contributed by atoms with Crippen LogP contribution in [-0.4, -0.2) is 39.8 Å². The molecule has 1 rings (SSSR count). The second-order valence-electron chi connectivity index (χ2n) is 6.03. The van der Waals surface area contributed by atoms with Gasteiger partial charge in [-0.1, -0.05) is 39.0 Å². The van der Waals surface area contributed by atoms with Crippen LogP contribution in [0.25, 0.3) is 0 Å². The Labute approximate surface area is 140 Å². The summed E-state index contributed by atoms with van der Waals surface area (Å²) in [4.78, 5) is 4.54. The number of benzene rings is 1. The Morgan fingerprint density at radius 2 is 1.87 bits per heavy atom. The smallest absolute Gasteiger partial charge is 0.191 e. The fraction of sp³-hybridized carbons (Fsp3) is 0.588. The Balaban J connectivity index is 2.66. The van der Waals surface area contributed by atoms with Gasteiger partial charge in [-0.3, -0.25) is 4.99 Å². The van der Waals surface area contributed by atoms with Crippen molar-refractivity contribution in [2.45, 2.75) is 44.6 Å². The molecule has 0 radical (unpaired) electrons. The molecule has 0 bridgehead atoms. The Bertz CT molecular complexity index is 583. The van der Waals surface area contributed by atoms with Crippen molar-refractivity contribution < 1.29 is 8.42 Å². The third-order valence-electron chi connectivity index (χ3n) is 3.59. The molecule has 1 aromatic carbocycles. The standard InChI is InChI=1S/C17H29N3O2S/c1-5-15(20-17(18-4)19-12-11-14(2)3)13-23(21,22)16-9-7-6-8-10-16/h6-10,14-15H,5,11-13H2,1-4H3,(H2,18,19,20). The lowest BCUT2D eigenvalue weighted by Gasteiger charge is -2.20. The molecule has 0 saturated heterocycles. The topological polar surface area (TPSA) is 70.6 Å². The van der Waals surface area contributed by atoms with Gasteiger partial charge in [-0.05, 0) is 30.9 Å². The Morgan fingerprint density at radius 1 is 1.22 bits per heavy atom. The normalized spacial score (nSPS) is 13.9. The van der Waals surface area contributed by atoms with Crippen LogP contribution in [0.1, 0.15) is 33.6 Å². The van der Waals surface area contributed by atoms with Crippen molar-refractivity contribution in [1.29, 1.82) is 0 Å². The molecule has 5 nitrogen and oxygen atoms in total. The molecule has 6 heteroatoms. The van der Waals surface area contributed by atoms with Gasteiger partial charge in [0, 0.05) is 19.6 Å². The summed E-state index contributed by atoms with van der Waals surface area (Å²) in [6.07, 6.45) is 1.75. The van der Waals surface area contributed by atoms with Crippen molar-refractivity contribution >= 4 is 15.8 Å². The molecule has 0 spiro atoms. The highest BCUT2D eigenvalue weighted by atomic mass is 32.2. The van der Waals surface area contributed by atoms with Crippen molar-refractivity contribution in [2.24, 2.45) is 10.9 Å². The summed E-state index contributed by atoms with van der Waals surface area (Å²) >= 11 is 0.